The van der Waals surface area contributed by atoms with Gasteiger partial charge in [-0.05, 0) is 31.5 Å². The minimum absolute atomic E-state index is 0.0642. The molecule has 0 saturated heterocycles. The van der Waals surface area contributed by atoms with Gasteiger partial charge < -0.3 is 10.4 Å². The van der Waals surface area contributed by atoms with Gasteiger partial charge in [-0.2, -0.15) is 5.10 Å². The van der Waals surface area contributed by atoms with Gasteiger partial charge in [0.05, 0.1) is 17.6 Å². The summed E-state index contributed by atoms with van der Waals surface area (Å²) in [5.41, 5.74) is -0.327. The number of nitro groups is 1. The van der Waals surface area contributed by atoms with Gasteiger partial charge in [-0.3, -0.25) is 14.8 Å². The fourth-order valence-electron chi connectivity index (χ4n) is 2.19. The molecule has 0 saturated carbocycles. The number of aliphatic hydroxyl groups excluding tert-OH is 1. The monoisotopic (exact) mass is 340 g/mol. The second kappa shape index (κ2) is 7.02. The Morgan fingerprint density at radius 3 is 2.71 bits per heavy atom. The first-order chi connectivity index (χ1) is 11.2. The van der Waals surface area contributed by atoms with Crippen LogP contribution in [0.15, 0.2) is 30.6 Å². The Hall–Kier alpha value is -2.39. The van der Waals surface area contributed by atoms with Crippen molar-refractivity contribution < 1.29 is 18.8 Å². The third kappa shape index (κ3) is 4.33. The van der Waals surface area contributed by atoms with Crippen LogP contribution in [0.3, 0.4) is 0 Å². The maximum absolute atomic E-state index is 13.3. The van der Waals surface area contributed by atoms with Crippen LogP contribution >= 0.6 is 0 Å². The third-order valence-electron chi connectivity index (χ3n) is 3.65. The van der Waals surface area contributed by atoms with Crippen LogP contribution in [0.2, 0.25) is 0 Å². The maximum atomic E-state index is 13.3. The predicted molar refractivity (Wildman–Crippen MR) is 82.3 cm³/mol. The van der Waals surface area contributed by atoms with E-state index < -0.39 is 28.2 Å². The molecule has 0 aliphatic rings. The largest absolute Gasteiger partial charge is 0.390 e. The molecule has 24 heavy (non-hydrogen) atoms. The van der Waals surface area contributed by atoms with E-state index in [0.717, 1.165) is 18.3 Å². The van der Waals surface area contributed by atoms with Crippen molar-refractivity contribution in [3.8, 4) is 0 Å². The zero-order valence-electron chi connectivity index (χ0n) is 13.2. The van der Waals surface area contributed by atoms with Crippen LogP contribution in [0.1, 0.15) is 19.4 Å². The summed E-state index contributed by atoms with van der Waals surface area (Å²) >= 11 is 0. The Kier molecular flexibility index (Phi) is 5.25. The molecule has 0 amide bonds. The van der Waals surface area contributed by atoms with E-state index in [1.807, 2.05) is 0 Å². The molecule has 1 aromatic heterocycles. The van der Waals surface area contributed by atoms with Crippen molar-refractivity contribution >= 4 is 5.69 Å². The smallest absolute Gasteiger partial charge is 0.306 e. The molecule has 2 aromatic rings. The number of aliphatic hydroxyl groups is 1. The Morgan fingerprint density at radius 1 is 1.42 bits per heavy atom. The fraction of sp³-hybridized carbons (Fsp3) is 0.400. The molecular formula is C15H18F2N4O3. The molecule has 1 unspecified atom stereocenters. The highest BCUT2D eigenvalue weighted by Gasteiger charge is 2.22. The molecule has 0 radical (unpaired) electrons. The van der Waals surface area contributed by atoms with Crippen molar-refractivity contribution in [1.29, 1.82) is 0 Å². The lowest BCUT2D eigenvalue weighted by molar-refractivity contribution is -0.385. The van der Waals surface area contributed by atoms with Gasteiger partial charge in [0.25, 0.3) is 0 Å². The molecule has 1 atom stereocenters. The number of nitrogens with one attached hydrogen (secondary N) is 1. The lowest BCUT2D eigenvalue weighted by atomic mass is 9.94. The summed E-state index contributed by atoms with van der Waals surface area (Å²) in [5.74, 6) is -1.86. The van der Waals surface area contributed by atoms with Crippen LogP contribution in [0, 0.1) is 21.7 Å². The van der Waals surface area contributed by atoms with E-state index in [0.29, 0.717) is 5.56 Å². The number of hydrogen-bond acceptors (Lipinski definition) is 5. The zero-order valence-corrected chi connectivity index (χ0v) is 13.2. The van der Waals surface area contributed by atoms with Crippen LogP contribution in [0.25, 0.3) is 0 Å². The Balaban J connectivity index is 1.94. The first kappa shape index (κ1) is 18.0. The normalized spacial score (nSPS) is 13.0. The standard InChI is InChI=1S/C15H18F2N4O3/c1-15(2,10-3-4-13(16)14(17)5-10)18-7-12(22)9-20-8-11(6-19-20)21(23)24/h3-6,8,12,18,22H,7,9H2,1-2H3. The van der Waals surface area contributed by atoms with Crippen molar-refractivity contribution in [2.24, 2.45) is 0 Å². The average molecular weight is 340 g/mol. The van der Waals surface area contributed by atoms with E-state index in [9.17, 15) is 24.0 Å². The van der Waals surface area contributed by atoms with Crippen LogP contribution in [0.4, 0.5) is 14.5 Å². The highest BCUT2D eigenvalue weighted by Crippen LogP contribution is 2.22. The summed E-state index contributed by atoms with van der Waals surface area (Å²) in [4.78, 5) is 10.0. The number of nitrogens with zero attached hydrogens (tertiary/aromatic N) is 3. The lowest BCUT2D eigenvalue weighted by Gasteiger charge is -2.28. The second-order valence-electron chi connectivity index (χ2n) is 5.97. The average Bonchev–Trinajstić information content (AvgIpc) is 2.97. The van der Waals surface area contributed by atoms with Crippen LogP contribution < -0.4 is 5.32 Å². The van der Waals surface area contributed by atoms with Gasteiger partial charge in [0.1, 0.15) is 12.4 Å². The fourth-order valence-corrected chi connectivity index (χ4v) is 2.19. The zero-order chi connectivity index (χ0) is 17.9. The molecule has 1 aromatic carbocycles. The summed E-state index contributed by atoms with van der Waals surface area (Å²) in [6.07, 6.45) is 1.46. The number of benzene rings is 1. The SMILES string of the molecule is CC(C)(NCC(O)Cn1cc([N+](=O)[O-])cn1)c1ccc(F)c(F)c1. The van der Waals surface area contributed by atoms with E-state index in [1.54, 1.807) is 13.8 Å². The molecule has 2 N–H and O–H groups in total. The van der Waals surface area contributed by atoms with Crippen molar-refractivity contribution in [3.05, 3.63) is 57.9 Å². The van der Waals surface area contributed by atoms with Crippen LogP contribution in [-0.2, 0) is 12.1 Å². The Morgan fingerprint density at radius 2 is 2.12 bits per heavy atom. The summed E-state index contributed by atoms with van der Waals surface area (Å²) in [7, 11) is 0. The van der Waals surface area contributed by atoms with Crippen LogP contribution in [-0.4, -0.2) is 32.5 Å². The molecular weight excluding hydrogens is 322 g/mol. The molecule has 0 fully saturated rings. The van der Waals surface area contributed by atoms with Gasteiger partial charge in [-0.1, -0.05) is 6.07 Å². The quantitative estimate of drug-likeness (QED) is 0.594. The summed E-state index contributed by atoms with van der Waals surface area (Å²) in [5, 5.41) is 27.5. The van der Waals surface area contributed by atoms with Gasteiger partial charge in [-0.25, -0.2) is 8.78 Å². The van der Waals surface area contributed by atoms with Gasteiger partial charge in [0.15, 0.2) is 11.6 Å². The third-order valence-corrected chi connectivity index (χ3v) is 3.65. The van der Waals surface area contributed by atoms with E-state index in [4.69, 9.17) is 0 Å². The molecule has 0 aliphatic carbocycles. The van der Waals surface area contributed by atoms with E-state index >= 15 is 0 Å². The molecule has 0 bridgehead atoms. The maximum Gasteiger partial charge on any atom is 0.306 e. The number of rotatable bonds is 7. The molecule has 9 heteroatoms. The van der Waals surface area contributed by atoms with Crippen molar-refractivity contribution in [3.63, 3.8) is 0 Å². The molecule has 0 spiro atoms. The topological polar surface area (TPSA) is 93.2 Å². The van der Waals surface area contributed by atoms with Gasteiger partial charge in [-0.15, -0.1) is 0 Å². The van der Waals surface area contributed by atoms with Crippen molar-refractivity contribution in [1.82, 2.24) is 15.1 Å². The first-order valence-electron chi connectivity index (χ1n) is 7.24. The van der Waals surface area contributed by atoms with Gasteiger partial charge >= 0.3 is 5.69 Å². The van der Waals surface area contributed by atoms with Crippen LogP contribution in [0.5, 0.6) is 0 Å². The molecule has 7 nitrogen and oxygen atoms in total. The Labute approximate surface area is 137 Å². The number of halogens is 2. The van der Waals surface area contributed by atoms with E-state index in [2.05, 4.69) is 10.4 Å². The van der Waals surface area contributed by atoms with Gasteiger partial charge in [0.2, 0.25) is 0 Å². The van der Waals surface area contributed by atoms with Crippen molar-refractivity contribution in [2.75, 3.05) is 6.54 Å². The lowest BCUT2D eigenvalue weighted by Crippen LogP contribution is -2.42. The summed E-state index contributed by atoms with van der Waals surface area (Å²) < 4.78 is 27.6. The summed E-state index contributed by atoms with van der Waals surface area (Å²) in [6, 6.07) is 3.62. The number of hydrogen-bond donors (Lipinski definition) is 2. The second-order valence-corrected chi connectivity index (χ2v) is 5.97. The summed E-state index contributed by atoms with van der Waals surface area (Å²) in [6.45, 7) is 3.74. The van der Waals surface area contributed by atoms with Crippen molar-refractivity contribution in [2.45, 2.75) is 32.0 Å². The molecule has 0 aliphatic heterocycles. The van der Waals surface area contributed by atoms with Gasteiger partial charge in [0, 0.05) is 12.1 Å². The molecule has 130 valence electrons. The predicted octanol–water partition coefficient (Wildman–Crippen LogP) is 1.96. The van der Waals surface area contributed by atoms with E-state index in [-0.39, 0.29) is 18.8 Å². The highest BCUT2D eigenvalue weighted by atomic mass is 19.2. The molecule has 1 heterocycles. The first-order valence-corrected chi connectivity index (χ1v) is 7.24. The van der Waals surface area contributed by atoms with E-state index in [1.165, 1.54) is 16.9 Å². The Bertz CT molecular complexity index is 733. The molecule has 2 rings (SSSR count). The highest BCUT2D eigenvalue weighted by molar-refractivity contribution is 5.24. The minimum atomic E-state index is -0.938. The number of aromatic nitrogens is 2. The minimum Gasteiger partial charge on any atom is -0.390 e.